The van der Waals surface area contributed by atoms with Gasteiger partial charge in [-0.2, -0.15) is 0 Å². The van der Waals surface area contributed by atoms with E-state index in [0.29, 0.717) is 5.82 Å². The highest BCUT2D eigenvalue weighted by molar-refractivity contribution is 5.92. The van der Waals surface area contributed by atoms with Gasteiger partial charge in [0.15, 0.2) is 5.69 Å². The second-order valence-corrected chi connectivity index (χ2v) is 3.27. The quantitative estimate of drug-likeness (QED) is 0.727. The summed E-state index contributed by atoms with van der Waals surface area (Å²) in [4.78, 5) is 16.5. The minimum atomic E-state index is -1.11. The number of aromatic nitrogens is 1. The number of hydrogen-bond donors (Lipinski definition) is 2. The Hall–Kier alpha value is -1.78. The van der Waals surface area contributed by atoms with Gasteiger partial charge in [0.2, 0.25) is 0 Å². The Morgan fingerprint density at radius 3 is 2.57 bits per heavy atom. The number of anilines is 2. The number of carbonyl (C=O) groups is 1. The number of aryl methyl sites for hydroxylation is 1. The van der Waals surface area contributed by atoms with Gasteiger partial charge in [-0.15, -0.1) is 0 Å². The first-order chi connectivity index (χ1) is 6.43. The number of nitrogens with two attached hydrogens (primary N) is 1. The molecule has 0 aliphatic carbocycles. The Kier molecular flexibility index (Phi) is 2.60. The summed E-state index contributed by atoms with van der Waals surface area (Å²) in [6.45, 7) is 1.84. The van der Waals surface area contributed by atoms with Crippen molar-refractivity contribution in [2.75, 3.05) is 24.7 Å². The molecule has 0 saturated heterocycles. The molecular formula is C9H13N3O2. The van der Waals surface area contributed by atoms with Gasteiger partial charge < -0.3 is 15.7 Å². The molecule has 0 fully saturated rings. The third-order valence-corrected chi connectivity index (χ3v) is 1.84. The number of hydrogen-bond acceptors (Lipinski definition) is 4. The van der Waals surface area contributed by atoms with Gasteiger partial charge in [-0.3, -0.25) is 0 Å². The van der Waals surface area contributed by atoms with Crippen LogP contribution in [0.2, 0.25) is 0 Å². The average Bonchev–Trinajstić information content (AvgIpc) is 2.02. The Morgan fingerprint density at radius 1 is 1.57 bits per heavy atom. The van der Waals surface area contributed by atoms with Gasteiger partial charge in [0, 0.05) is 14.1 Å². The van der Waals surface area contributed by atoms with E-state index in [4.69, 9.17) is 10.8 Å². The normalized spacial score (nSPS) is 9.93. The topological polar surface area (TPSA) is 79.5 Å². The van der Waals surface area contributed by atoms with Gasteiger partial charge in [0.1, 0.15) is 5.82 Å². The van der Waals surface area contributed by atoms with Crippen molar-refractivity contribution >= 4 is 17.5 Å². The predicted molar refractivity (Wildman–Crippen MR) is 54.7 cm³/mol. The van der Waals surface area contributed by atoms with Crippen LogP contribution in [0, 0.1) is 6.92 Å². The molecule has 1 aromatic heterocycles. The number of pyridine rings is 1. The molecule has 1 rings (SSSR count). The Bertz CT molecular complexity index is 375. The SMILES string of the molecule is Cc1cc(N)c(C(=O)O)nc1N(C)C. The van der Waals surface area contributed by atoms with Crippen molar-refractivity contribution in [3.63, 3.8) is 0 Å². The molecule has 5 heteroatoms. The maximum atomic E-state index is 10.7. The molecule has 1 heterocycles. The van der Waals surface area contributed by atoms with Crippen LogP contribution in [0.5, 0.6) is 0 Å². The van der Waals surface area contributed by atoms with Gasteiger partial charge in [-0.05, 0) is 18.6 Å². The molecule has 5 nitrogen and oxygen atoms in total. The van der Waals surface area contributed by atoms with Crippen LogP contribution in [0.15, 0.2) is 6.07 Å². The van der Waals surface area contributed by atoms with E-state index in [1.807, 2.05) is 6.92 Å². The molecule has 0 unspecified atom stereocenters. The number of aromatic carboxylic acids is 1. The summed E-state index contributed by atoms with van der Waals surface area (Å²) in [5.41, 5.74) is 6.49. The lowest BCUT2D eigenvalue weighted by atomic mass is 10.2. The summed E-state index contributed by atoms with van der Waals surface area (Å²) in [6, 6.07) is 1.62. The minimum absolute atomic E-state index is 0.0979. The Morgan fingerprint density at radius 2 is 2.14 bits per heavy atom. The van der Waals surface area contributed by atoms with Crippen LogP contribution in [0.25, 0.3) is 0 Å². The zero-order chi connectivity index (χ0) is 10.9. The highest BCUT2D eigenvalue weighted by Gasteiger charge is 2.13. The standard InChI is InChI=1S/C9H13N3O2/c1-5-4-6(10)7(9(13)14)11-8(5)12(2)3/h4H,10H2,1-3H3,(H,13,14). The Labute approximate surface area is 82.2 Å². The molecular weight excluding hydrogens is 182 g/mol. The molecule has 0 amide bonds. The highest BCUT2D eigenvalue weighted by Crippen LogP contribution is 2.20. The van der Waals surface area contributed by atoms with E-state index >= 15 is 0 Å². The first-order valence-electron chi connectivity index (χ1n) is 4.11. The second kappa shape index (κ2) is 3.53. The van der Waals surface area contributed by atoms with Crippen LogP contribution in [-0.4, -0.2) is 30.2 Å². The third-order valence-electron chi connectivity index (χ3n) is 1.84. The van der Waals surface area contributed by atoms with E-state index in [-0.39, 0.29) is 11.4 Å². The van der Waals surface area contributed by atoms with Gasteiger partial charge in [-0.25, -0.2) is 9.78 Å². The fraction of sp³-hybridized carbons (Fsp3) is 0.333. The van der Waals surface area contributed by atoms with Crippen molar-refractivity contribution in [1.82, 2.24) is 4.98 Å². The summed E-state index contributed by atoms with van der Waals surface area (Å²) in [7, 11) is 3.61. The molecule has 0 spiro atoms. The third kappa shape index (κ3) is 1.76. The van der Waals surface area contributed by atoms with Crippen molar-refractivity contribution in [3.05, 3.63) is 17.3 Å². The zero-order valence-corrected chi connectivity index (χ0v) is 8.40. The molecule has 0 bridgehead atoms. The molecule has 3 N–H and O–H groups in total. The number of nitrogens with zero attached hydrogens (tertiary/aromatic N) is 2. The van der Waals surface area contributed by atoms with Gasteiger partial charge >= 0.3 is 5.97 Å². The summed E-state index contributed by atoms with van der Waals surface area (Å²) in [5.74, 6) is -0.484. The van der Waals surface area contributed by atoms with Crippen LogP contribution in [0.3, 0.4) is 0 Å². The maximum Gasteiger partial charge on any atom is 0.356 e. The molecule has 76 valence electrons. The molecule has 1 aromatic rings. The molecule has 0 saturated carbocycles. The fourth-order valence-electron chi connectivity index (χ4n) is 1.25. The highest BCUT2D eigenvalue weighted by atomic mass is 16.4. The molecule has 0 atom stereocenters. The van der Waals surface area contributed by atoms with Crippen molar-refractivity contribution in [2.45, 2.75) is 6.92 Å². The van der Waals surface area contributed by atoms with Crippen molar-refractivity contribution in [3.8, 4) is 0 Å². The average molecular weight is 195 g/mol. The fourth-order valence-corrected chi connectivity index (χ4v) is 1.25. The van der Waals surface area contributed by atoms with Crippen LogP contribution in [0.4, 0.5) is 11.5 Å². The molecule has 14 heavy (non-hydrogen) atoms. The van der Waals surface area contributed by atoms with Gasteiger partial charge in [0.25, 0.3) is 0 Å². The largest absolute Gasteiger partial charge is 0.476 e. The van der Waals surface area contributed by atoms with Crippen LogP contribution >= 0.6 is 0 Å². The molecule has 0 aromatic carbocycles. The lowest BCUT2D eigenvalue weighted by molar-refractivity contribution is 0.0692. The van der Waals surface area contributed by atoms with Crippen LogP contribution < -0.4 is 10.6 Å². The maximum absolute atomic E-state index is 10.7. The Balaban J connectivity index is 3.34. The van der Waals surface area contributed by atoms with Gasteiger partial charge in [0.05, 0.1) is 5.69 Å². The molecule has 0 aliphatic rings. The van der Waals surface area contributed by atoms with E-state index in [2.05, 4.69) is 4.98 Å². The molecule has 0 radical (unpaired) electrons. The van der Waals surface area contributed by atoms with Gasteiger partial charge in [-0.1, -0.05) is 0 Å². The number of carboxylic acids is 1. The molecule has 0 aliphatic heterocycles. The van der Waals surface area contributed by atoms with E-state index in [0.717, 1.165) is 5.56 Å². The number of carboxylic acid groups (broad SMARTS) is 1. The van der Waals surface area contributed by atoms with Crippen molar-refractivity contribution < 1.29 is 9.90 Å². The second-order valence-electron chi connectivity index (χ2n) is 3.27. The smallest absolute Gasteiger partial charge is 0.356 e. The van der Waals surface area contributed by atoms with E-state index < -0.39 is 5.97 Å². The summed E-state index contributed by atoms with van der Waals surface area (Å²) >= 11 is 0. The van der Waals surface area contributed by atoms with E-state index in [1.54, 1.807) is 25.1 Å². The van der Waals surface area contributed by atoms with Crippen LogP contribution in [-0.2, 0) is 0 Å². The van der Waals surface area contributed by atoms with E-state index in [1.165, 1.54) is 0 Å². The summed E-state index contributed by atoms with van der Waals surface area (Å²) in [6.07, 6.45) is 0. The summed E-state index contributed by atoms with van der Waals surface area (Å²) < 4.78 is 0. The monoisotopic (exact) mass is 195 g/mol. The summed E-state index contributed by atoms with van der Waals surface area (Å²) in [5, 5.41) is 8.80. The van der Waals surface area contributed by atoms with Crippen molar-refractivity contribution in [2.24, 2.45) is 0 Å². The lowest BCUT2D eigenvalue weighted by Gasteiger charge is -2.15. The van der Waals surface area contributed by atoms with E-state index in [9.17, 15) is 4.79 Å². The van der Waals surface area contributed by atoms with Crippen molar-refractivity contribution in [1.29, 1.82) is 0 Å². The first kappa shape index (κ1) is 10.3. The van der Waals surface area contributed by atoms with Crippen LogP contribution in [0.1, 0.15) is 16.1 Å². The first-order valence-corrected chi connectivity index (χ1v) is 4.11. The minimum Gasteiger partial charge on any atom is -0.476 e. The lowest BCUT2D eigenvalue weighted by Crippen LogP contribution is -2.16. The predicted octanol–water partition coefficient (Wildman–Crippen LogP) is 0.736. The zero-order valence-electron chi connectivity index (χ0n) is 8.40. The number of rotatable bonds is 2. The number of nitrogen functional groups attached to an aromatic ring is 1.